The normalized spacial score (nSPS) is 12.3. The molecule has 106 valence electrons. The second-order valence-corrected chi connectivity index (χ2v) is 4.90. The maximum atomic E-state index is 13.9. The minimum Gasteiger partial charge on any atom is -0.457 e. The van der Waals surface area contributed by atoms with Crippen molar-refractivity contribution in [1.29, 1.82) is 0 Å². The summed E-state index contributed by atoms with van der Waals surface area (Å²) < 4.78 is 19.7. The minimum absolute atomic E-state index is 0.360. The predicted molar refractivity (Wildman–Crippen MR) is 80.8 cm³/mol. The number of benzene rings is 2. The van der Waals surface area contributed by atoms with Crippen LogP contribution < -0.4 is 10.5 Å². The van der Waals surface area contributed by atoms with Crippen LogP contribution in [0.3, 0.4) is 0 Å². The van der Waals surface area contributed by atoms with E-state index in [1.807, 2.05) is 30.3 Å². The Morgan fingerprint density at radius 3 is 2.81 bits per heavy atom. The number of nitrogens with two attached hydrogens (primary N) is 1. The lowest BCUT2D eigenvalue weighted by Gasteiger charge is -2.14. The van der Waals surface area contributed by atoms with Crippen molar-refractivity contribution in [3.05, 3.63) is 66.1 Å². The van der Waals surface area contributed by atoms with Gasteiger partial charge in [0.25, 0.3) is 0 Å². The lowest BCUT2D eigenvalue weighted by Crippen LogP contribution is -2.09. The maximum absolute atomic E-state index is 13.9. The van der Waals surface area contributed by atoms with Crippen molar-refractivity contribution >= 4 is 10.9 Å². The smallest absolute Gasteiger partial charge is 0.135 e. The SMILES string of the molecule is C[C@H](N)c1c(F)cccc1Oc1ccc2cccnc2c1. The molecule has 3 rings (SSSR count). The van der Waals surface area contributed by atoms with Crippen molar-refractivity contribution in [2.75, 3.05) is 0 Å². The van der Waals surface area contributed by atoms with Gasteiger partial charge in [0.2, 0.25) is 0 Å². The molecular weight excluding hydrogens is 267 g/mol. The van der Waals surface area contributed by atoms with Gasteiger partial charge in [-0.3, -0.25) is 4.98 Å². The molecule has 1 atom stereocenters. The van der Waals surface area contributed by atoms with Gasteiger partial charge in [-0.1, -0.05) is 12.1 Å². The molecule has 0 spiro atoms. The quantitative estimate of drug-likeness (QED) is 0.783. The van der Waals surface area contributed by atoms with Crippen molar-refractivity contribution in [3.63, 3.8) is 0 Å². The monoisotopic (exact) mass is 282 g/mol. The third kappa shape index (κ3) is 2.71. The Morgan fingerprint density at radius 1 is 1.14 bits per heavy atom. The Balaban J connectivity index is 2.00. The number of nitrogens with zero attached hydrogens (tertiary/aromatic N) is 1. The van der Waals surface area contributed by atoms with Gasteiger partial charge >= 0.3 is 0 Å². The highest BCUT2D eigenvalue weighted by atomic mass is 19.1. The molecule has 1 heterocycles. The van der Waals surface area contributed by atoms with Gasteiger partial charge in [-0.05, 0) is 37.3 Å². The molecule has 0 fully saturated rings. The summed E-state index contributed by atoms with van der Waals surface area (Å²) in [6.07, 6.45) is 1.72. The fourth-order valence-corrected chi connectivity index (χ4v) is 2.28. The first-order valence-corrected chi connectivity index (χ1v) is 6.72. The first-order chi connectivity index (χ1) is 10.1. The van der Waals surface area contributed by atoms with E-state index in [9.17, 15) is 4.39 Å². The zero-order valence-corrected chi connectivity index (χ0v) is 11.6. The molecule has 0 aliphatic carbocycles. The van der Waals surface area contributed by atoms with E-state index in [-0.39, 0.29) is 5.82 Å². The first-order valence-electron chi connectivity index (χ1n) is 6.72. The molecule has 3 aromatic rings. The fourth-order valence-electron chi connectivity index (χ4n) is 2.28. The van der Waals surface area contributed by atoms with Gasteiger partial charge in [-0.25, -0.2) is 4.39 Å². The largest absolute Gasteiger partial charge is 0.457 e. The Labute approximate surface area is 122 Å². The molecule has 0 aliphatic rings. The molecule has 21 heavy (non-hydrogen) atoms. The molecule has 0 saturated heterocycles. The summed E-state index contributed by atoms with van der Waals surface area (Å²) in [5, 5.41) is 1.02. The molecule has 1 aromatic heterocycles. The summed E-state index contributed by atoms with van der Waals surface area (Å²) >= 11 is 0. The summed E-state index contributed by atoms with van der Waals surface area (Å²) in [5.74, 6) is 0.676. The number of hydrogen-bond donors (Lipinski definition) is 1. The van der Waals surface area contributed by atoms with E-state index in [0.717, 1.165) is 10.9 Å². The second kappa shape index (κ2) is 5.50. The Morgan fingerprint density at radius 2 is 2.00 bits per heavy atom. The molecule has 3 nitrogen and oxygen atoms in total. The van der Waals surface area contributed by atoms with Crippen molar-refractivity contribution in [2.45, 2.75) is 13.0 Å². The molecule has 0 saturated carbocycles. The highest BCUT2D eigenvalue weighted by Crippen LogP contribution is 2.31. The molecule has 4 heteroatoms. The van der Waals surface area contributed by atoms with Crippen molar-refractivity contribution in [2.24, 2.45) is 5.73 Å². The number of hydrogen-bond acceptors (Lipinski definition) is 3. The topological polar surface area (TPSA) is 48.1 Å². The lowest BCUT2D eigenvalue weighted by atomic mass is 10.1. The van der Waals surface area contributed by atoms with Crippen LogP contribution in [0.25, 0.3) is 10.9 Å². The second-order valence-electron chi connectivity index (χ2n) is 4.90. The van der Waals surface area contributed by atoms with Gasteiger partial charge in [0, 0.05) is 29.3 Å². The zero-order valence-electron chi connectivity index (χ0n) is 11.6. The average molecular weight is 282 g/mol. The first kappa shape index (κ1) is 13.5. The van der Waals surface area contributed by atoms with E-state index in [1.165, 1.54) is 6.07 Å². The summed E-state index contributed by atoms with van der Waals surface area (Å²) in [6.45, 7) is 1.73. The van der Waals surface area contributed by atoms with Crippen LogP contribution in [0.4, 0.5) is 4.39 Å². The number of fused-ring (bicyclic) bond motifs is 1. The van der Waals surface area contributed by atoms with Crippen molar-refractivity contribution < 1.29 is 9.13 Å². The van der Waals surface area contributed by atoms with Crippen LogP contribution in [0, 0.1) is 5.82 Å². The molecule has 0 radical (unpaired) electrons. The van der Waals surface area contributed by atoms with E-state index in [2.05, 4.69) is 4.98 Å². The molecule has 0 bridgehead atoms. The van der Waals surface area contributed by atoms with E-state index in [4.69, 9.17) is 10.5 Å². The lowest BCUT2D eigenvalue weighted by molar-refractivity contribution is 0.461. The molecule has 2 N–H and O–H groups in total. The van der Waals surface area contributed by atoms with Crippen LogP contribution in [0.1, 0.15) is 18.5 Å². The number of pyridine rings is 1. The van der Waals surface area contributed by atoms with E-state index in [1.54, 1.807) is 25.3 Å². The Hall–Kier alpha value is -2.46. The summed E-state index contributed by atoms with van der Waals surface area (Å²) in [6, 6.07) is 13.7. The zero-order chi connectivity index (χ0) is 14.8. The van der Waals surface area contributed by atoms with Gasteiger partial charge in [0.15, 0.2) is 0 Å². The maximum Gasteiger partial charge on any atom is 0.135 e. The van der Waals surface area contributed by atoms with Gasteiger partial charge in [0.05, 0.1) is 5.52 Å². The van der Waals surface area contributed by atoms with Gasteiger partial charge < -0.3 is 10.5 Å². The number of aromatic nitrogens is 1. The van der Waals surface area contributed by atoms with Crippen LogP contribution in [0.5, 0.6) is 11.5 Å². The summed E-state index contributed by atoms with van der Waals surface area (Å²) in [7, 11) is 0. The Bertz CT molecular complexity index is 787. The molecule has 0 amide bonds. The molecule has 0 unspecified atom stereocenters. The predicted octanol–water partition coefficient (Wildman–Crippen LogP) is 4.19. The highest BCUT2D eigenvalue weighted by Gasteiger charge is 2.14. The minimum atomic E-state index is -0.445. The fraction of sp³-hybridized carbons (Fsp3) is 0.118. The average Bonchev–Trinajstić information content (AvgIpc) is 2.47. The molecule has 2 aromatic carbocycles. The van der Waals surface area contributed by atoms with Gasteiger partial charge in [0.1, 0.15) is 17.3 Å². The summed E-state index contributed by atoms with van der Waals surface area (Å²) in [5.41, 5.74) is 7.03. The van der Waals surface area contributed by atoms with Crippen LogP contribution in [-0.2, 0) is 0 Å². The van der Waals surface area contributed by atoms with Crippen molar-refractivity contribution in [1.82, 2.24) is 4.98 Å². The van der Waals surface area contributed by atoms with Gasteiger partial charge in [-0.15, -0.1) is 0 Å². The van der Waals surface area contributed by atoms with Gasteiger partial charge in [-0.2, -0.15) is 0 Å². The van der Waals surface area contributed by atoms with E-state index in [0.29, 0.717) is 17.1 Å². The molecular formula is C17H15FN2O. The van der Waals surface area contributed by atoms with Crippen LogP contribution >= 0.6 is 0 Å². The van der Waals surface area contributed by atoms with E-state index >= 15 is 0 Å². The standard InChI is InChI=1S/C17H15FN2O/c1-11(19)17-14(18)5-2-6-16(17)21-13-8-7-12-4-3-9-20-15(12)10-13/h2-11H,19H2,1H3/t11-/m0/s1. The number of halogens is 1. The number of ether oxygens (including phenoxy) is 1. The van der Waals surface area contributed by atoms with Crippen LogP contribution in [-0.4, -0.2) is 4.98 Å². The Kier molecular flexibility index (Phi) is 3.54. The third-order valence-electron chi connectivity index (χ3n) is 3.27. The highest BCUT2D eigenvalue weighted by molar-refractivity contribution is 5.79. The van der Waals surface area contributed by atoms with E-state index < -0.39 is 6.04 Å². The van der Waals surface area contributed by atoms with Crippen LogP contribution in [0.15, 0.2) is 54.7 Å². The number of rotatable bonds is 3. The third-order valence-corrected chi connectivity index (χ3v) is 3.27. The molecule has 0 aliphatic heterocycles. The van der Waals surface area contributed by atoms with Crippen molar-refractivity contribution in [3.8, 4) is 11.5 Å². The summed E-state index contributed by atoms with van der Waals surface area (Å²) in [4.78, 5) is 4.28. The van der Waals surface area contributed by atoms with Crippen LogP contribution in [0.2, 0.25) is 0 Å².